The number of carbonyl (C=O) groups excluding carboxylic acids is 2. The summed E-state index contributed by atoms with van der Waals surface area (Å²) in [5.41, 5.74) is 4.42. The van der Waals surface area contributed by atoms with Crippen molar-refractivity contribution in [2.24, 2.45) is 13.0 Å². The lowest BCUT2D eigenvalue weighted by molar-refractivity contribution is -0.119. The highest BCUT2D eigenvalue weighted by Gasteiger charge is 2.31. The smallest absolute Gasteiger partial charge is 0.270 e. The molecule has 166 valence electrons. The van der Waals surface area contributed by atoms with Crippen molar-refractivity contribution in [1.82, 2.24) is 20.1 Å². The molecule has 0 bridgehead atoms. The number of aryl methyl sites for hydroxylation is 2. The van der Waals surface area contributed by atoms with Crippen molar-refractivity contribution in [2.75, 3.05) is 5.32 Å². The first-order valence-electron chi connectivity index (χ1n) is 11.1. The molecule has 2 amide bonds. The van der Waals surface area contributed by atoms with Crippen LogP contribution in [0.1, 0.15) is 48.2 Å². The third-order valence-electron chi connectivity index (χ3n) is 6.23. The van der Waals surface area contributed by atoms with Crippen LogP contribution in [0.15, 0.2) is 55.0 Å². The maximum atomic E-state index is 13.3. The van der Waals surface area contributed by atoms with Gasteiger partial charge in [0.25, 0.3) is 5.91 Å². The number of rotatable bonds is 6. The number of benzene rings is 1. The predicted molar refractivity (Wildman–Crippen MR) is 124 cm³/mol. The van der Waals surface area contributed by atoms with E-state index in [2.05, 4.69) is 20.7 Å². The average molecular weight is 432 g/mol. The fraction of sp³-hybridized carbons (Fsp3) is 0.360. The molecule has 2 aromatic heterocycles. The summed E-state index contributed by atoms with van der Waals surface area (Å²) in [6.07, 6.45) is 10.4. The Morgan fingerprint density at radius 2 is 1.78 bits per heavy atom. The quantitative estimate of drug-likeness (QED) is 0.615. The van der Waals surface area contributed by atoms with E-state index < -0.39 is 6.04 Å². The number of anilines is 1. The highest BCUT2D eigenvalue weighted by Crippen LogP contribution is 2.28. The van der Waals surface area contributed by atoms with Crippen molar-refractivity contribution in [2.45, 2.75) is 45.1 Å². The van der Waals surface area contributed by atoms with E-state index >= 15 is 0 Å². The average Bonchev–Trinajstić information content (AvgIpc) is 3.25. The van der Waals surface area contributed by atoms with Crippen LogP contribution in [0.4, 0.5) is 5.69 Å². The van der Waals surface area contributed by atoms with E-state index in [9.17, 15) is 9.59 Å². The minimum absolute atomic E-state index is 0.125. The van der Waals surface area contributed by atoms with Gasteiger partial charge in [-0.1, -0.05) is 31.4 Å². The molecule has 2 heterocycles. The summed E-state index contributed by atoms with van der Waals surface area (Å²) < 4.78 is 1.52. The fourth-order valence-electron chi connectivity index (χ4n) is 4.43. The van der Waals surface area contributed by atoms with E-state index in [0.29, 0.717) is 11.4 Å². The Labute approximate surface area is 188 Å². The first-order chi connectivity index (χ1) is 15.5. The number of hydrogen-bond acceptors (Lipinski definition) is 4. The molecule has 1 atom stereocenters. The Morgan fingerprint density at radius 3 is 2.44 bits per heavy atom. The summed E-state index contributed by atoms with van der Waals surface area (Å²) in [6.45, 7) is 2.03. The van der Waals surface area contributed by atoms with Crippen molar-refractivity contribution >= 4 is 17.5 Å². The molecule has 3 aromatic rings. The molecule has 32 heavy (non-hydrogen) atoms. The van der Waals surface area contributed by atoms with E-state index in [-0.39, 0.29) is 17.7 Å². The zero-order valence-corrected chi connectivity index (χ0v) is 18.5. The monoisotopic (exact) mass is 431 g/mol. The summed E-state index contributed by atoms with van der Waals surface area (Å²) >= 11 is 0. The molecule has 0 saturated heterocycles. The number of pyridine rings is 1. The Bertz CT molecular complexity index is 1080. The number of amides is 2. The van der Waals surface area contributed by atoms with Crippen LogP contribution in [0.2, 0.25) is 0 Å². The predicted octanol–water partition coefficient (Wildman–Crippen LogP) is 4.11. The normalized spacial score (nSPS) is 15.2. The minimum atomic E-state index is -0.584. The van der Waals surface area contributed by atoms with Gasteiger partial charge in [0.1, 0.15) is 11.7 Å². The highest BCUT2D eigenvalue weighted by molar-refractivity contribution is 6.00. The molecule has 1 fully saturated rings. The van der Waals surface area contributed by atoms with Crippen molar-refractivity contribution in [3.05, 3.63) is 66.2 Å². The largest absolute Gasteiger partial charge is 0.339 e. The van der Waals surface area contributed by atoms with Gasteiger partial charge in [-0.2, -0.15) is 5.10 Å². The van der Waals surface area contributed by atoms with Gasteiger partial charge in [-0.25, -0.2) is 0 Å². The minimum Gasteiger partial charge on any atom is -0.339 e. The first-order valence-corrected chi connectivity index (χ1v) is 11.1. The molecule has 7 heteroatoms. The van der Waals surface area contributed by atoms with Crippen molar-refractivity contribution < 1.29 is 9.59 Å². The molecular formula is C25H29N5O2. The summed E-state index contributed by atoms with van der Waals surface area (Å²) in [4.78, 5) is 30.2. The Hall–Kier alpha value is -3.48. The lowest BCUT2D eigenvalue weighted by atomic mass is 9.83. The van der Waals surface area contributed by atoms with Crippen molar-refractivity contribution in [3.63, 3.8) is 0 Å². The van der Waals surface area contributed by atoms with Gasteiger partial charge < -0.3 is 10.6 Å². The molecular weight excluding hydrogens is 402 g/mol. The van der Waals surface area contributed by atoms with Gasteiger partial charge in [-0.15, -0.1) is 0 Å². The fourth-order valence-corrected chi connectivity index (χ4v) is 4.43. The standard InChI is InChI=1S/C25H29N5O2/c1-17-16-26-14-12-21(17)18-8-10-20(11-9-18)28-25(32)23(19-6-4-3-5-7-19)29-24(31)22-13-15-27-30(22)2/h8-16,19,23H,3-7H2,1-2H3,(H,28,32)(H,29,31). The highest BCUT2D eigenvalue weighted by atomic mass is 16.2. The van der Waals surface area contributed by atoms with Crippen LogP contribution < -0.4 is 10.6 Å². The van der Waals surface area contributed by atoms with E-state index in [0.717, 1.165) is 42.4 Å². The Morgan fingerprint density at radius 1 is 1.03 bits per heavy atom. The maximum absolute atomic E-state index is 13.3. The van der Waals surface area contributed by atoms with E-state index in [1.165, 1.54) is 11.1 Å². The number of nitrogens with zero attached hydrogens (tertiary/aromatic N) is 3. The van der Waals surface area contributed by atoms with Crippen LogP contribution in [0.3, 0.4) is 0 Å². The summed E-state index contributed by atoms with van der Waals surface area (Å²) in [5, 5.41) is 10.0. The summed E-state index contributed by atoms with van der Waals surface area (Å²) in [5.74, 6) is -0.334. The molecule has 1 unspecified atom stereocenters. The van der Waals surface area contributed by atoms with Gasteiger partial charge in [-0.3, -0.25) is 19.3 Å². The molecule has 0 spiro atoms. The third-order valence-corrected chi connectivity index (χ3v) is 6.23. The molecule has 7 nitrogen and oxygen atoms in total. The van der Waals surface area contributed by atoms with Gasteiger partial charge in [-0.05, 0) is 66.6 Å². The number of carbonyl (C=O) groups is 2. The second-order valence-corrected chi connectivity index (χ2v) is 8.45. The van der Waals surface area contributed by atoms with Gasteiger partial charge >= 0.3 is 0 Å². The van der Waals surface area contributed by atoms with E-state index in [4.69, 9.17) is 0 Å². The van der Waals surface area contributed by atoms with E-state index in [1.807, 2.05) is 43.5 Å². The third kappa shape index (κ3) is 4.88. The Balaban J connectivity index is 1.50. The Kier molecular flexibility index (Phi) is 6.63. The number of nitrogens with one attached hydrogen (secondary N) is 2. The molecule has 2 N–H and O–H groups in total. The first kappa shape index (κ1) is 21.7. The van der Waals surface area contributed by atoms with Gasteiger partial charge in [0.05, 0.1) is 0 Å². The van der Waals surface area contributed by atoms with Crippen LogP contribution in [0.5, 0.6) is 0 Å². The van der Waals surface area contributed by atoms with Crippen molar-refractivity contribution in [1.29, 1.82) is 0 Å². The topological polar surface area (TPSA) is 88.9 Å². The van der Waals surface area contributed by atoms with Crippen LogP contribution in [-0.4, -0.2) is 32.6 Å². The maximum Gasteiger partial charge on any atom is 0.270 e. The SMILES string of the molecule is Cc1cnccc1-c1ccc(NC(=O)C(NC(=O)c2ccnn2C)C2CCCCC2)cc1. The molecule has 0 radical (unpaired) electrons. The molecule has 1 saturated carbocycles. The molecule has 1 aliphatic carbocycles. The lowest BCUT2D eigenvalue weighted by Gasteiger charge is -2.30. The van der Waals surface area contributed by atoms with Crippen LogP contribution in [0, 0.1) is 12.8 Å². The second kappa shape index (κ2) is 9.77. The van der Waals surface area contributed by atoms with Crippen LogP contribution in [-0.2, 0) is 11.8 Å². The zero-order valence-electron chi connectivity index (χ0n) is 18.5. The lowest BCUT2D eigenvalue weighted by Crippen LogP contribution is -2.49. The summed E-state index contributed by atoms with van der Waals surface area (Å²) in [6, 6.07) is 10.8. The van der Waals surface area contributed by atoms with Gasteiger partial charge in [0.2, 0.25) is 5.91 Å². The number of hydrogen-bond donors (Lipinski definition) is 2. The summed E-state index contributed by atoms with van der Waals surface area (Å²) in [7, 11) is 1.72. The number of aromatic nitrogens is 3. The molecule has 1 aliphatic rings. The molecule has 4 rings (SSSR count). The molecule has 0 aliphatic heterocycles. The van der Waals surface area contributed by atoms with E-state index in [1.54, 1.807) is 25.5 Å². The zero-order chi connectivity index (χ0) is 22.5. The molecule has 1 aromatic carbocycles. The van der Waals surface area contributed by atoms with Crippen LogP contribution in [0.25, 0.3) is 11.1 Å². The van der Waals surface area contributed by atoms with Gasteiger partial charge in [0, 0.05) is 31.3 Å². The second-order valence-electron chi connectivity index (χ2n) is 8.45. The van der Waals surface area contributed by atoms with Crippen molar-refractivity contribution in [3.8, 4) is 11.1 Å². The van der Waals surface area contributed by atoms with Gasteiger partial charge in [0.15, 0.2) is 0 Å². The van der Waals surface area contributed by atoms with Crippen LogP contribution >= 0.6 is 0 Å².